The van der Waals surface area contributed by atoms with E-state index in [2.05, 4.69) is 15.2 Å². The lowest BCUT2D eigenvalue weighted by atomic mass is 9.96. The quantitative estimate of drug-likeness (QED) is 0.485. The molecule has 1 saturated heterocycles. The summed E-state index contributed by atoms with van der Waals surface area (Å²) in [5.41, 5.74) is 0.875. The topological polar surface area (TPSA) is 77.9 Å². The van der Waals surface area contributed by atoms with Crippen molar-refractivity contribution in [3.05, 3.63) is 48.0 Å². The van der Waals surface area contributed by atoms with Crippen LogP contribution >= 0.6 is 11.3 Å². The molecule has 6 nitrogen and oxygen atoms in total. The first-order valence-electron chi connectivity index (χ1n) is 10.3. The van der Waals surface area contributed by atoms with Crippen molar-refractivity contribution in [1.29, 1.82) is 0 Å². The van der Waals surface area contributed by atoms with Crippen molar-refractivity contribution in [2.24, 2.45) is 5.92 Å². The predicted molar refractivity (Wildman–Crippen MR) is 117 cm³/mol. The zero-order valence-corrected chi connectivity index (χ0v) is 17.7. The normalized spacial score (nSPS) is 16.5. The number of aromatic nitrogens is 1. The van der Waals surface area contributed by atoms with Gasteiger partial charge in [-0.1, -0.05) is 11.3 Å². The third-order valence-electron chi connectivity index (χ3n) is 5.42. The van der Waals surface area contributed by atoms with Gasteiger partial charge in [-0.25, -0.2) is 13.8 Å². The van der Waals surface area contributed by atoms with Crippen LogP contribution in [0.15, 0.2) is 36.4 Å². The number of β-amino-alcohol motifs (C(OH)–C–C–N with tert-alkyl or cyclic N) is 1. The first-order chi connectivity index (χ1) is 15.0. The van der Waals surface area contributed by atoms with E-state index in [1.54, 1.807) is 12.1 Å². The fourth-order valence-electron chi connectivity index (χ4n) is 3.70. The first kappa shape index (κ1) is 21.7. The second kappa shape index (κ2) is 9.76. The van der Waals surface area contributed by atoms with Gasteiger partial charge < -0.3 is 25.2 Å². The van der Waals surface area contributed by atoms with Crippen LogP contribution in [0.1, 0.15) is 12.8 Å². The van der Waals surface area contributed by atoms with Crippen molar-refractivity contribution >= 4 is 26.7 Å². The average Bonchev–Trinajstić information content (AvgIpc) is 3.16. The Kier molecular flexibility index (Phi) is 6.84. The number of likely N-dealkylation sites (tertiary alicyclic amines) is 1. The number of halogens is 2. The highest BCUT2D eigenvalue weighted by molar-refractivity contribution is 7.22. The molecule has 1 aliphatic heterocycles. The molecule has 0 radical (unpaired) electrons. The number of ether oxygens (including phenoxy) is 1. The molecule has 1 aromatic heterocycles. The maximum atomic E-state index is 13.2. The Hall–Kier alpha value is -2.49. The van der Waals surface area contributed by atoms with Crippen LogP contribution in [-0.2, 0) is 0 Å². The Bertz CT molecular complexity index is 1020. The van der Waals surface area contributed by atoms with E-state index in [0.29, 0.717) is 12.5 Å². The Morgan fingerprint density at radius 3 is 2.74 bits per heavy atom. The molecule has 4 rings (SSSR count). The summed E-state index contributed by atoms with van der Waals surface area (Å²) in [6.45, 7) is 3.09. The molecule has 0 spiro atoms. The third kappa shape index (κ3) is 5.81. The van der Waals surface area contributed by atoms with E-state index in [1.807, 2.05) is 6.07 Å². The molecule has 0 amide bonds. The van der Waals surface area contributed by atoms with E-state index in [-0.39, 0.29) is 18.1 Å². The van der Waals surface area contributed by atoms with Crippen LogP contribution in [0.25, 0.3) is 10.2 Å². The number of anilines is 1. The van der Waals surface area contributed by atoms with Crippen LogP contribution in [0.3, 0.4) is 0 Å². The van der Waals surface area contributed by atoms with Gasteiger partial charge in [0.05, 0.1) is 10.2 Å². The lowest BCUT2D eigenvalue weighted by Crippen LogP contribution is -2.41. The summed E-state index contributed by atoms with van der Waals surface area (Å²) in [4.78, 5) is 6.73. The number of aliphatic hydroxyl groups excluding tert-OH is 1. The second-order valence-electron chi connectivity index (χ2n) is 7.84. The summed E-state index contributed by atoms with van der Waals surface area (Å²) in [6.07, 6.45) is 1.31. The number of hydrogen-bond donors (Lipinski definition) is 3. The van der Waals surface area contributed by atoms with Crippen LogP contribution in [0, 0.1) is 17.6 Å². The number of phenolic OH excluding ortho intramolecular Hbond substituents is 1. The fourth-order valence-corrected chi connectivity index (χ4v) is 4.61. The molecular weight excluding hydrogens is 424 g/mol. The van der Waals surface area contributed by atoms with E-state index < -0.39 is 17.7 Å². The van der Waals surface area contributed by atoms with Crippen LogP contribution in [-0.4, -0.2) is 59.0 Å². The third-order valence-corrected chi connectivity index (χ3v) is 6.40. The summed E-state index contributed by atoms with van der Waals surface area (Å²) < 4.78 is 32.5. The van der Waals surface area contributed by atoms with Gasteiger partial charge in [0.2, 0.25) is 0 Å². The number of phenols is 1. The molecule has 31 heavy (non-hydrogen) atoms. The maximum absolute atomic E-state index is 13.2. The molecule has 1 fully saturated rings. The Balaban J connectivity index is 1.17. The smallest absolute Gasteiger partial charge is 0.183 e. The van der Waals surface area contributed by atoms with Crippen LogP contribution in [0.2, 0.25) is 0 Å². The largest absolute Gasteiger partial charge is 0.508 e. The fraction of sp³-hybridized carbons (Fsp3) is 0.409. The zero-order chi connectivity index (χ0) is 21.8. The van der Waals surface area contributed by atoms with Gasteiger partial charge in [0.25, 0.3) is 0 Å². The molecule has 0 aliphatic carbocycles. The summed E-state index contributed by atoms with van der Waals surface area (Å²) in [7, 11) is 0. The van der Waals surface area contributed by atoms with Crippen LogP contribution in [0.4, 0.5) is 13.9 Å². The van der Waals surface area contributed by atoms with Crippen LogP contribution in [0.5, 0.6) is 11.5 Å². The van der Waals surface area contributed by atoms with E-state index in [4.69, 9.17) is 4.74 Å². The Morgan fingerprint density at radius 2 is 1.97 bits per heavy atom. The van der Waals surface area contributed by atoms with Crippen molar-refractivity contribution < 1.29 is 23.7 Å². The molecule has 0 bridgehead atoms. The molecule has 166 valence electrons. The number of rotatable bonds is 8. The predicted octanol–water partition coefficient (Wildman–Crippen LogP) is 3.84. The van der Waals surface area contributed by atoms with Gasteiger partial charge in [-0.05, 0) is 62.2 Å². The van der Waals surface area contributed by atoms with Crippen molar-refractivity contribution in [3.63, 3.8) is 0 Å². The minimum atomic E-state index is -0.966. The SMILES string of the molecule is Oc1ccc2nc(NCC3CCN(CC(O)COc4ccc(F)c(F)c4)CC3)sc2c1. The van der Waals surface area contributed by atoms with Crippen molar-refractivity contribution in [1.82, 2.24) is 9.88 Å². The molecule has 0 saturated carbocycles. The van der Waals surface area contributed by atoms with Crippen molar-refractivity contribution in [3.8, 4) is 11.5 Å². The average molecular weight is 450 g/mol. The van der Waals surface area contributed by atoms with E-state index in [1.165, 1.54) is 17.4 Å². The van der Waals surface area contributed by atoms with Gasteiger partial charge >= 0.3 is 0 Å². The number of aromatic hydroxyl groups is 1. The summed E-state index contributed by atoms with van der Waals surface area (Å²) in [6, 6.07) is 8.50. The number of piperidine rings is 1. The number of nitrogens with zero attached hydrogens (tertiary/aromatic N) is 2. The van der Waals surface area contributed by atoms with Crippen molar-refractivity contribution in [2.45, 2.75) is 18.9 Å². The second-order valence-corrected chi connectivity index (χ2v) is 8.87. The monoisotopic (exact) mass is 449 g/mol. The summed E-state index contributed by atoms with van der Waals surface area (Å²) in [5, 5.41) is 24.1. The number of benzene rings is 2. The Labute approximate surface area is 183 Å². The Morgan fingerprint density at radius 1 is 1.16 bits per heavy atom. The molecule has 1 unspecified atom stereocenters. The number of fused-ring (bicyclic) bond motifs is 1. The van der Waals surface area contributed by atoms with Gasteiger partial charge in [0, 0.05) is 19.2 Å². The highest BCUT2D eigenvalue weighted by atomic mass is 32.1. The first-order valence-corrected chi connectivity index (χ1v) is 11.1. The van der Waals surface area contributed by atoms with Crippen molar-refractivity contribution in [2.75, 3.05) is 38.1 Å². The summed E-state index contributed by atoms with van der Waals surface area (Å²) >= 11 is 1.53. The van der Waals surface area contributed by atoms with E-state index >= 15 is 0 Å². The highest BCUT2D eigenvalue weighted by Crippen LogP contribution is 2.29. The maximum Gasteiger partial charge on any atom is 0.183 e. The molecule has 1 atom stereocenters. The standard InChI is InChI=1S/C22H25F2N3O3S/c23-18-3-2-17(10-19(18)24)30-13-16(29)12-27-7-5-14(6-8-27)11-25-22-26-20-4-1-15(28)9-21(20)31-22/h1-4,9-10,14,16,28-29H,5-8,11-13H2,(H,25,26). The van der Waals surface area contributed by atoms with Gasteiger partial charge in [-0.2, -0.15) is 0 Å². The minimum Gasteiger partial charge on any atom is -0.508 e. The molecule has 2 heterocycles. The molecule has 9 heteroatoms. The molecular formula is C22H25F2N3O3S. The van der Waals surface area contributed by atoms with Gasteiger partial charge in [0.15, 0.2) is 16.8 Å². The molecule has 2 aromatic carbocycles. The van der Waals surface area contributed by atoms with Crippen LogP contribution < -0.4 is 10.1 Å². The lowest BCUT2D eigenvalue weighted by Gasteiger charge is -2.33. The van der Waals surface area contributed by atoms with Gasteiger partial charge in [-0.15, -0.1) is 0 Å². The minimum absolute atomic E-state index is 0.0275. The molecule has 3 N–H and O–H groups in total. The van der Waals surface area contributed by atoms with E-state index in [0.717, 1.165) is 60.0 Å². The zero-order valence-electron chi connectivity index (χ0n) is 16.9. The number of aliphatic hydroxyl groups is 1. The highest BCUT2D eigenvalue weighted by Gasteiger charge is 2.21. The van der Waals surface area contributed by atoms with Gasteiger partial charge in [0.1, 0.15) is 24.2 Å². The number of hydrogen-bond acceptors (Lipinski definition) is 7. The number of thiazole rings is 1. The number of nitrogens with one attached hydrogen (secondary N) is 1. The lowest BCUT2D eigenvalue weighted by molar-refractivity contribution is 0.0558. The van der Waals surface area contributed by atoms with E-state index in [9.17, 15) is 19.0 Å². The summed E-state index contributed by atoms with van der Waals surface area (Å²) in [5.74, 6) is -0.924. The van der Waals surface area contributed by atoms with Gasteiger partial charge in [-0.3, -0.25) is 0 Å². The molecule has 3 aromatic rings. The molecule has 1 aliphatic rings.